The van der Waals surface area contributed by atoms with Gasteiger partial charge in [0.15, 0.2) is 0 Å². The van der Waals surface area contributed by atoms with Crippen molar-refractivity contribution >= 4 is 28.6 Å². The van der Waals surface area contributed by atoms with Crippen LogP contribution in [-0.4, -0.2) is 54.7 Å². The number of fused-ring (bicyclic) bond motifs is 1. The average Bonchev–Trinajstić information content (AvgIpc) is 3.30. The van der Waals surface area contributed by atoms with Gasteiger partial charge in [-0.3, -0.25) is 24.9 Å². The molecule has 1 N–H and O–H groups in total. The lowest BCUT2D eigenvalue weighted by Gasteiger charge is -2.19. The Labute approximate surface area is 168 Å². The Morgan fingerprint density at radius 3 is 2.62 bits per heavy atom. The van der Waals surface area contributed by atoms with E-state index in [-0.39, 0.29) is 11.4 Å². The number of benzene rings is 1. The van der Waals surface area contributed by atoms with Gasteiger partial charge in [0.25, 0.3) is 5.91 Å². The number of anilines is 1. The molecule has 0 aliphatic carbocycles. The lowest BCUT2D eigenvalue weighted by molar-refractivity contribution is -0.385. The van der Waals surface area contributed by atoms with Crippen molar-refractivity contribution < 1.29 is 9.72 Å². The SMILES string of the molecule is CCN(CC)CCn1c(NC(=O)c2c([N+](=O)[O-])cnn2CC)nc2ccccc21. The minimum Gasteiger partial charge on any atom is -0.309 e. The maximum atomic E-state index is 12.9. The van der Waals surface area contributed by atoms with Crippen molar-refractivity contribution in [3.8, 4) is 0 Å². The summed E-state index contributed by atoms with van der Waals surface area (Å²) in [6, 6.07) is 7.61. The summed E-state index contributed by atoms with van der Waals surface area (Å²) in [4.78, 5) is 30.4. The van der Waals surface area contributed by atoms with Gasteiger partial charge in [0.05, 0.1) is 16.0 Å². The van der Waals surface area contributed by atoms with Crippen molar-refractivity contribution in [1.82, 2.24) is 24.2 Å². The average molecular weight is 399 g/mol. The van der Waals surface area contributed by atoms with E-state index < -0.39 is 10.8 Å². The smallest absolute Gasteiger partial charge is 0.309 e. The normalized spacial score (nSPS) is 11.3. The van der Waals surface area contributed by atoms with Crippen LogP contribution in [-0.2, 0) is 13.1 Å². The van der Waals surface area contributed by atoms with E-state index in [2.05, 4.69) is 34.1 Å². The molecule has 1 amide bonds. The van der Waals surface area contributed by atoms with Crippen LogP contribution in [0.25, 0.3) is 11.0 Å². The van der Waals surface area contributed by atoms with Crippen molar-refractivity contribution in [2.45, 2.75) is 33.9 Å². The van der Waals surface area contributed by atoms with E-state index in [0.29, 0.717) is 19.0 Å². The summed E-state index contributed by atoms with van der Waals surface area (Å²) in [7, 11) is 0. The molecule has 2 aromatic heterocycles. The highest BCUT2D eigenvalue weighted by Gasteiger charge is 2.27. The zero-order valence-electron chi connectivity index (χ0n) is 16.8. The molecule has 0 spiro atoms. The van der Waals surface area contributed by atoms with E-state index in [0.717, 1.165) is 36.9 Å². The predicted octanol–water partition coefficient (Wildman–Crippen LogP) is 2.76. The molecule has 29 heavy (non-hydrogen) atoms. The number of aromatic nitrogens is 4. The quantitative estimate of drug-likeness (QED) is 0.437. The molecule has 2 heterocycles. The van der Waals surface area contributed by atoms with E-state index in [1.54, 1.807) is 6.92 Å². The highest BCUT2D eigenvalue weighted by Crippen LogP contribution is 2.23. The minimum atomic E-state index is -0.601. The molecule has 0 unspecified atom stereocenters. The first kappa shape index (κ1) is 20.5. The van der Waals surface area contributed by atoms with Crippen molar-refractivity contribution in [2.24, 2.45) is 0 Å². The van der Waals surface area contributed by atoms with Crippen molar-refractivity contribution in [3.05, 3.63) is 46.3 Å². The number of amides is 1. The number of carbonyl (C=O) groups excluding carboxylic acids is 1. The summed E-state index contributed by atoms with van der Waals surface area (Å²) in [5, 5.41) is 18.0. The summed E-state index contributed by atoms with van der Waals surface area (Å²) in [5.41, 5.74) is 1.24. The first-order chi connectivity index (χ1) is 14.0. The minimum absolute atomic E-state index is 0.0835. The number of likely N-dealkylation sites (N-methyl/N-ethyl adjacent to an activating group) is 1. The Bertz CT molecular complexity index is 1020. The van der Waals surface area contributed by atoms with Crippen molar-refractivity contribution in [2.75, 3.05) is 25.0 Å². The van der Waals surface area contributed by atoms with Crippen LogP contribution in [0.1, 0.15) is 31.3 Å². The van der Waals surface area contributed by atoms with Gasteiger partial charge < -0.3 is 9.47 Å². The number of nitro groups is 1. The lowest BCUT2D eigenvalue weighted by atomic mass is 10.3. The maximum Gasteiger partial charge on any atom is 0.320 e. The Hall–Kier alpha value is -3.27. The summed E-state index contributed by atoms with van der Waals surface area (Å²) in [5.74, 6) is -0.239. The van der Waals surface area contributed by atoms with Crippen LogP contribution < -0.4 is 5.32 Å². The van der Waals surface area contributed by atoms with Crippen LogP contribution in [0.4, 0.5) is 11.6 Å². The third-order valence-electron chi connectivity index (χ3n) is 4.95. The van der Waals surface area contributed by atoms with Gasteiger partial charge in [0, 0.05) is 19.6 Å². The summed E-state index contributed by atoms with van der Waals surface area (Å²) in [6.07, 6.45) is 1.10. The predicted molar refractivity (Wildman–Crippen MR) is 110 cm³/mol. The third kappa shape index (κ3) is 4.11. The van der Waals surface area contributed by atoms with Crippen LogP contribution in [0.15, 0.2) is 30.5 Å². The lowest BCUT2D eigenvalue weighted by Crippen LogP contribution is -2.28. The number of rotatable bonds is 9. The number of hydrogen-bond donors (Lipinski definition) is 1. The van der Waals surface area contributed by atoms with E-state index >= 15 is 0 Å². The summed E-state index contributed by atoms with van der Waals surface area (Å²) >= 11 is 0. The number of nitrogens with zero attached hydrogens (tertiary/aromatic N) is 6. The molecule has 0 saturated carbocycles. The fraction of sp³-hybridized carbons (Fsp3) is 0.421. The van der Waals surface area contributed by atoms with Crippen molar-refractivity contribution in [3.63, 3.8) is 0 Å². The topological polar surface area (TPSA) is 111 Å². The van der Waals surface area contributed by atoms with Gasteiger partial charge in [0.1, 0.15) is 6.20 Å². The standard InChI is InChI=1S/C19H25N7O3/c1-4-23(5-2)11-12-24-15-10-8-7-9-14(15)21-19(24)22-18(27)17-16(26(28)29)13-20-25(17)6-3/h7-10,13H,4-6,11-12H2,1-3H3,(H,21,22,27). The zero-order valence-corrected chi connectivity index (χ0v) is 16.8. The van der Waals surface area contributed by atoms with E-state index in [9.17, 15) is 14.9 Å². The molecule has 0 atom stereocenters. The second-order valence-electron chi connectivity index (χ2n) is 6.51. The fourth-order valence-electron chi connectivity index (χ4n) is 3.32. The number of aryl methyl sites for hydroxylation is 1. The molecule has 1 aromatic carbocycles. The van der Waals surface area contributed by atoms with Crippen molar-refractivity contribution in [1.29, 1.82) is 0 Å². The Balaban J connectivity index is 1.96. The number of nitrogens with one attached hydrogen (secondary N) is 1. The molecule has 0 aliphatic rings. The molecule has 10 nitrogen and oxygen atoms in total. The first-order valence-corrected chi connectivity index (χ1v) is 9.69. The molecule has 0 radical (unpaired) electrons. The third-order valence-corrected chi connectivity index (χ3v) is 4.95. The second-order valence-corrected chi connectivity index (χ2v) is 6.51. The molecule has 3 rings (SSSR count). The summed E-state index contributed by atoms with van der Waals surface area (Å²) < 4.78 is 3.25. The number of para-hydroxylation sites is 2. The van der Waals surface area contributed by atoms with Crippen LogP contribution in [0, 0.1) is 10.1 Å². The Morgan fingerprint density at radius 2 is 1.97 bits per heavy atom. The molecule has 10 heteroatoms. The first-order valence-electron chi connectivity index (χ1n) is 9.69. The van der Waals surface area contributed by atoms with Crippen LogP contribution in [0.2, 0.25) is 0 Å². The fourth-order valence-corrected chi connectivity index (χ4v) is 3.32. The molecular formula is C19H25N7O3. The largest absolute Gasteiger partial charge is 0.320 e. The maximum absolute atomic E-state index is 12.9. The van der Waals surface area contributed by atoms with Gasteiger partial charge in [-0.05, 0) is 32.1 Å². The van der Waals surface area contributed by atoms with Gasteiger partial charge in [-0.1, -0.05) is 26.0 Å². The van der Waals surface area contributed by atoms with E-state index in [1.807, 2.05) is 28.8 Å². The van der Waals surface area contributed by atoms with E-state index in [4.69, 9.17) is 0 Å². The molecule has 154 valence electrons. The van der Waals surface area contributed by atoms with Crippen LogP contribution in [0.3, 0.4) is 0 Å². The molecule has 0 fully saturated rings. The molecule has 0 aliphatic heterocycles. The van der Waals surface area contributed by atoms with Gasteiger partial charge >= 0.3 is 5.69 Å². The van der Waals surface area contributed by atoms with Gasteiger partial charge in [0.2, 0.25) is 11.6 Å². The van der Waals surface area contributed by atoms with Gasteiger partial charge in [-0.2, -0.15) is 5.10 Å². The number of carbonyl (C=O) groups is 1. The molecular weight excluding hydrogens is 374 g/mol. The summed E-state index contributed by atoms with van der Waals surface area (Å²) in [6.45, 7) is 9.59. The van der Waals surface area contributed by atoms with Gasteiger partial charge in [-0.25, -0.2) is 4.98 Å². The monoisotopic (exact) mass is 399 g/mol. The molecule has 0 bridgehead atoms. The Kier molecular flexibility index (Phi) is 6.23. The number of hydrogen-bond acceptors (Lipinski definition) is 6. The van der Waals surface area contributed by atoms with Crippen LogP contribution >= 0.6 is 0 Å². The van der Waals surface area contributed by atoms with Gasteiger partial charge in [-0.15, -0.1) is 0 Å². The number of imidazole rings is 1. The molecule has 0 saturated heterocycles. The zero-order chi connectivity index (χ0) is 21.0. The highest BCUT2D eigenvalue weighted by atomic mass is 16.6. The van der Waals surface area contributed by atoms with Crippen LogP contribution in [0.5, 0.6) is 0 Å². The highest BCUT2D eigenvalue weighted by molar-refractivity contribution is 6.05. The second kappa shape index (κ2) is 8.82. The Morgan fingerprint density at radius 1 is 1.24 bits per heavy atom. The van der Waals surface area contributed by atoms with E-state index in [1.165, 1.54) is 4.68 Å². The molecule has 3 aromatic rings.